The number of aromatic nitrogens is 2. The molecule has 4 heteroatoms. The second kappa shape index (κ2) is 5.34. The van der Waals surface area contributed by atoms with Crippen molar-refractivity contribution in [1.29, 1.82) is 0 Å². The number of nitrogens with zero attached hydrogens (tertiary/aromatic N) is 2. The molecular formula is C15H19N3O. The highest BCUT2D eigenvalue weighted by Gasteiger charge is 2.16. The van der Waals surface area contributed by atoms with Gasteiger partial charge < -0.3 is 14.6 Å². The van der Waals surface area contributed by atoms with Gasteiger partial charge in [0, 0.05) is 18.4 Å². The van der Waals surface area contributed by atoms with E-state index in [2.05, 4.69) is 27.0 Å². The molecule has 2 aromatic rings. The van der Waals surface area contributed by atoms with Crippen molar-refractivity contribution in [3.05, 3.63) is 42.0 Å². The Morgan fingerprint density at radius 1 is 1.37 bits per heavy atom. The van der Waals surface area contributed by atoms with Crippen LogP contribution >= 0.6 is 0 Å². The van der Waals surface area contributed by atoms with Crippen LogP contribution in [0, 0.1) is 0 Å². The molecule has 0 unspecified atom stereocenters. The summed E-state index contributed by atoms with van der Waals surface area (Å²) in [5, 5.41) is 0. The number of H-pyrrole nitrogens is 1. The van der Waals surface area contributed by atoms with Gasteiger partial charge in [0.05, 0.1) is 25.7 Å². The smallest absolute Gasteiger partial charge is 0.119 e. The van der Waals surface area contributed by atoms with E-state index in [9.17, 15) is 0 Å². The molecule has 0 aliphatic carbocycles. The van der Waals surface area contributed by atoms with Gasteiger partial charge in [-0.05, 0) is 43.0 Å². The number of ether oxygens (including phenoxy) is 1. The molecule has 0 spiro atoms. The van der Waals surface area contributed by atoms with E-state index in [0.29, 0.717) is 0 Å². The molecule has 0 fully saturated rings. The summed E-state index contributed by atoms with van der Waals surface area (Å²) in [6, 6.07) is 6.39. The Bertz CT molecular complexity index is 536. The molecule has 1 aromatic heterocycles. The third-order valence-corrected chi connectivity index (χ3v) is 3.67. The van der Waals surface area contributed by atoms with Gasteiger partial charge in [0.15, 0.2) is 0 Å². The maximum Gasteiger partial charge on any atom is 0.119 e. The van der Waals surface area contributed by atoms with E-state index >= 15 is 0 Å². The number of benzene rings is 1. The first kappa shape index (κ1) is 12.1. The lowest BCUT2D eigenvalue weighted by Gasteiger charge is -2.24. The zero-order valence-corrected chi connectivity index (χ0v) is 11.2. The number of fused-ring (bicyclic) bond motifs is 1. The zero-order valence-electron chi connectivity index (χ0n) is 11.2. The Hall–Kier alpha value is -1.97. The second-order valence-corrected chi connectivity index (χ2v) is 4.95. The highest BCUT2D eigenvalue weighted by Crippen LogP contribution is 2.30. The van der Waals surface area contributed by atoms with Crippen molar-refractivity contribution < 1.29 is 4.74 Å². The fraction of sp³-hybridized carbons (Fsp3) is 0.400. The molecule has 0 atom stereocenters. The first-order chi connectivity index (χ1) is 9.36. The Kier molecular flexibility index (Phi) is 3.40. The van der Waals surface area contributed by atoms with Crippen LogP contribution in [0.25, 0.3) is 0 Å². The first-order valence-corrected chi connectivity index (χ1v) is 6.76. The SMILES string of the molecule is COc1ccc2c(c1)CCCCN2Cc1cnc[nH]1. The van der Waals surface area contributed by atoms with E-state index in [0.717, 1.165) is 31.0 Å². The minimum Gasteiger partial charge on any atom is -0.497 e. The normalized spacial score (nSPS) is 14.9. The standard InChI is InChI=1S/C15H19N3O/c1-19-14-5-6-15-12(8-14)4-2-3-7-18(15)10-13-9-16-11-17-13/h5-6,8-9,11H,2-4,7,10H2,1H3,(H,16,17). The fourth-order valence-corrected chi connectivity index (χ4v) is 2.68. The lowest BCUT2D eigenvalue weighted by molar-refractivity contribution is 0.414. The van der Waals surface area contributed by atoms with Gasteiger partial charge in [-0.25, -0.2) is 4.98 Å². The number of nitrogens with one attached hydrogen (secondary N) is 1. The minimum absolute atomic E-state index is 0.888. The van der Waals surface area contributed by atoms with Gasteiger partial charge in [0.1, 0.15) is 5.75 Å². The molecule has 0 bridgehead atoms. The summed E-state index contributed by atoms with van der Waals surface area (Å²) < 4.78 is 5.33. The number of imidazole rings is 1. The number of methoxy groups -OCH3 is 1. The van der Waals surface area contributed by atoms with Crippen molar-refractivity contribution in [2.75, 3.05) is 18.6 Å². The van der Waals surface area contributed by atoms with Crippen molar-refractivity contribution in [2.24, 2.45) is 0 Å². The molecule has 4 nitrogen and oxygen atoms in total. The van der Waals surface area contributed by atoms with Crippen LogP contribution in [0.15, 0.2) is 30.7 Å². The number of hydrogen-bond acceptors (Lipinski definition) is 3. The Labute approximate surface area is 113 Å². The van der Waals surface area contributed by atoms with Crippen molar-refractivity contribution in [2.45, 2.75) is 25.8 Å². The summed E-state index contributed by atoms with van der Waals surface area (Å²) in [5.41, 5.74) is 3.87. The molecule has 0 saturated carbocycles. The van der Waals surface area contributed by atoms with Gasteiger partial charge >= 0.3 is 0 Å². The second-order valence-electron chi connectivity index (χ2n) is 4.95. The molecule has 0 saturated heterocycles. The van der Waals surface area contributed by atoms with Crippen LogP contribution < -0.4 is 9.64 Å². The van der Waals surface area contributed by atoms with E-state index in [1.807, 2.05) is 12.3 Å². The Morgan fingerprint density at radius 3 is 3.11 bits per heavy atom. The molecule has 1 aliphatic rings. The maximum atomic E-state index is 5.33. The first-order valence-electron chi connectivity index (χ1n) is 6.76. The number of hydrogen-bond donors (Lipinski definition) is 1. The predicted octanol–water partition coefficient (Wildman–Crippen LogP) is 2.76. The van der Waals surface area contributed by atoms with Gasteiger partial charge in [-0.15, -0.1) is 0 Å². The maximum absolute atomic E-state index is 5.33. The van der Waals surface area contributed by atoms with Crippen LogP contribution in [0.4, 0.5) is 5.69 Å². The van der Waals surface area contributed by atoms with Crippen LogP contribution in [0.3, 0.4) is 0 Å². The van der Waals surface area contributed by atoms with Gasteiger partial charge in [-0.3, -0.25) is 0 Å². The van der Waals surface area contributed by atoms with Gasteiger partial charge in [0.25, 0.3) is 0 Å². The summed E-state index contributed by atoms with van der Waals surface area (Å²) in [5.74, 6) is 0.946. The van der Waals surface area contributed by atoms with Gasteiger partial charge in [-0.2, -0.15) is 0 Å². The predicted molar refractivity (Wildman–Crippen MR) is 75.6 cm³/mol. The Morgan fingerprint density at radius 2 is 2.32 bits per heavy atom. The molecule has 0 amide bonds. The number of anilines is 1. The van der Waals surface area contributed by atoms with Crippen molar-refractivity contribution in [1.82, 2.24) is 9.97 Å². The third-order valence-electron chi connectivity index (χ3n) is 3.67. The summed E-state index contributed by atoms with van der Waals surface area (Å²) in [7, 11) is 1.72. The van der Waals surface area contributed by atoms with E-state index in [-0.39, 0.29) is 0 Å². The summed E-state index contributed by atoms with van der Waals surface area (Å²) in [6.45, 7) is 1.98. The zero-order chi connectivity index (χ0) is 13.1. The molecule has 100 valence electrons. The average Bonchev–Trinajstić information content (AvgIpc) is 2.87. The average molecular weight is 257 g/mol. The highest BCUT2D eigenvalue weighted by atomic mass is 16.5. The van der Waals surface area contributed by atoms with Crippen LogP contribution in [0.2, 0.25) is 0 Å². The molecule has 1 N–H and O–H groups in total. The van der Waals surface area contributed by atoms with Gasteiger partial charge in [-0.1, -0.05) is 0 Å². The number of aromatic amines is 1. The van der Waals surface area contributed by atoms with Crippen molar-refractivity contribution in [3.63, 3.8) is 0 Å². The molecule has 2 heterocycles. The lowest BCUT2D eigenvalue weighted by Crippen LogP contribution is -2.23. The van der Waals surface area contributed by atoms with E-state index in [1.165, 1.54) is 24.1 Å². The molecule has 3 rings (SSSR count). The van der Waals surface area contributed by atoms with Crippen LogP contribution in [0.5, 0.6) is 5.75 Å². The third kappa shape index (κ3) is 2.57. The summed E-state index contributed by atoms with van der Waals surface area (Å²) in [4.78, 5) is 9.70. The molecule has 19 heavy (non-hydrogen) atoms. The highest BCUT2D eigenvalue weighted by molar-refractivity contribution is 5.57. The molecule has 0 radical (unpaired) electrons. The molecular weight excluding hydrogens is 238 g/mol. The summed E-state index contributed by atoms with van der Waals surface area (Å²) >= 11 is 0. The van der Waals surface area contributed by atoms with Crippen LogP contribution in [-0.4, -0.2) is 23.6 Å². The fourth-order valence-electron chi connectivity index (χ4n) is 2.68. The quantitative estimate of drug-likeness (QED) is 0.919. The van der Waals surface area contributed by atoms with E-state index in [1.54, 1.807) is 13.4 Å². The van der Waals surface area contributed by atoms with E-state index < -0.39 is 0 Å². The summed E-state index contributed by atoms with van der Waals surface area (Å²) in [6.07, 6.45) is 7.23. The topological polar surface area (TPSA) is 41.1 Å². The van der Waals surface area contributed by atoms with Crippen LogP contribution in [-0.2, 0) is 13.0 Å². The van der Waals surface area contributed by atoms with E-state index in [4.69, 9.17) is 4.74 Å². The Balaban J connectivity index is 1.90. The number of rotatable bonds is 3. The van der Waals surface area contributed by atoms with Gasteiger partial charge in [0.2, 0.25) is 0 Å². The number of aryl methyl sites for hydroxylation is 1. The van der Waals surface area contributed by atoms with Crippen molar-refractivity contribution >= 4 is 5.69 Å². The van der Waals surface area contributed by atoms with Crippen LogP contribution in [0.1, 0.15) is 24.1 Å². The lowest BCUT2D eigenvalue weighted by atomic mass is 10.1. The molecule has 1 aromatic carbocycles. The molecule has 1 aliphatic heterocycles. The minimum atomic E-state index is 0.888. The largest absolute Gasteiger partial charge is 0.497 e. The van der Waals surface area contributed by atoms with Crippen molar-refractivity contribution in [3.8, 4) is 5.75 Å². The monoisotopic (exact) mass is 257 g/mol.